The van der Waals surface area contributed by atoms with E-state index in [0.29, 0.717) is 15.1 Å². The number of hydrogen-bond donors (Lipinski definition) is 3. The zero-order valence-corrected chi connectivity index (χ0v) is 15.3. The van der Waals surface area contributed by atoms with Crippen molar-refractivity contribution in [1.82, 2.24) is 0 Å². The van der Waals surface area contributed by atoms with Crippen molar-refractivity contribution in [3.05, 3.63) is 75.7 Å². The zero-order valence-electron chi connectivity index (χ0n) is 12.9. The number of aromatic hydroxyl groups is 1. The standard InChI is InChI=1S/C19H14BrClN2O2/c20-15-10-14(19(22)23-25)16(11-4-2-1-3-5-11)17(18(15)21)12-6-8-13(24)9-7-12/h1-10,24-25H,(H2,22,23). The molecule has 0 spiro atoms. The Morgan fingerprint density at radius 1 is 0.960 bits per heavy atom. The summed E-state index contributed by atoms with van der Waals surface area (Å²) in [7, 11) is 0. The van der Waals surface area contributed by atoms with Crippen LogP contribution in [0, 0.1) is 0 Å². The average Bonchev–Trinajstić information content (AvgIpc) is 2.64. The minimum absolute atomic E-state index is 0.0174. The number of nitrogens with two attached hydrogens (primary N) is 1. The van der Waals surface area contributed by atoms with Crippen molar-refractivity contribution in [2.24, 2.45) is 10.9 Å². The molecule has 3 aromatic rings. The molecule has 0 aliphatic carbocycles. The van der Waals surface area contributed by atoms with Gasteiger partial charge in [0, 0.05) is 21.2 Å². The minimum atomic E-state index is -0.0174. The summed E-state index contributed by atoms with van der Waals surface area (Å²) in [6.07, 6.45) is 0. The highest BCUT2D eigenvalue weighted by Crippen LogP contribution is 2.44. The molecule has 0 saturated heterocycles. The Morgan fingerprint density at radius 2 is 1.56 bits per heavy atom. The Hall–Kier alpha value is -2.50. The van der Waals surface area contributed by atoms with Crippen LogP contribution in [0.2, 0.25) is 5.02 Å². The topological polar surface area (TPSA) is 78.8 Å². The molecule has 4 nitrogen and oxygen atoms in total. The highest BCUT2D eigenvalue weighted by atomic mass is 79.9. The van der Waals surface area contributed by atoms with E-state index in [9.17, 15) is 10.3 Å². The summed E-state index contributed by atoms with van der Waals surface area (Å²) in [5.41, 5.74) is 9.62. The lowest BCUT2D eigenvalue weighted by molar-refractivity contribution is 0.318. The van der Waals surface area contributed by atoms with Crippen molar-refractivity contribution in [1.29, 1.82) is 0 Å². The van der Waals surface area contributed by atoms with Gasteiger partial charge in [0.2, 0.25) is 0 Å². The van der Waals surface area contributed by atoms with E-state index in [2.05, 4.69) is 21.1 Å². The largest absolute Gasteiger partial charge is 0.508 e. The minimum Gasteiger partial charge on any atom is -0.508 e. The van der Waals surface area contributed by atoms with E-state index in [4.69, 9.17) is 17.3 Å². The van der Waals surface area contributed by atoms with Gasteiger partial charge in [-0.05, 0) is 45.3 Å². The van der Waals surface area contributed by atoms with Crippen LogP contribution in [0.4, 0.5) is 0 Å². The number of rotatable bonds is 3. The number of benzene rings is 3. The molecule has 4 N–H and O–H groups in total. The number of hydrogen-bond acceptors (Lipinski definition) is 3. The highest BCUT2D eigenvalue weighted by molar-refractivity contribution is 9.10. The van der Waals surface area contributed by atoms with E-state index in [1.807, 2.05) is 30.3 Å². The van der Waals surface area contributed by atoms with Gasteiger partial charge < -0.3 is 16.0 Å². The third kappa shape index (κ3) is 3.34. The van der Waals surface area contributed by atoms with Crippen molar-refractivity contribution in [3.8, 4) is 28.0 Å². The first-order valence-electron chi connectivity index (χ1n) is 7.37. The number of halogens is 2. The summed E-state index contributed by atoms with van der Waals surface area (Å²) >= 11 is 10.0. The third-order valence-corrected chi connectivity index (χ3v) is 5.07. The fourth-order valence-electron chi connectivity index (χ4n) is 2.69. The first-order valence-corrected chi connectivity index (χ1v) is 8.54. The maximum absolute atomic E-state index is 9.58. The fraction of sp³-hybridized carbons (Fsp3) is 0. The van der Waals surface area contributed by atoms with Gasteiger partial charge in [-0.15, -0.1) is 0 Å². The van der Waals surface area contributed by atoms with Gasteiger partial charge in [-0.25, -0.2) is 0 Å². The number of amidine groups is 1. The molecule has 0 fully saturated rings. The molecule has 3 rings (SSSR count). The van der Waals surface area contributed by atoms with Crippen molar-refractivity contribution >= 4 is 33.4 Å². The number of oxime groups is 1. The summed E-state index contributed by atoms with van der Waals surface area (Å²) < 4.78 is 0.624. The first kappa shape index (κ1) is 17.3. The van der Waals surface area contributed by atoms with Gasteiger partial charge in [-0.1, -0.05) is 59.2 Å². The van der Waals surface area contributed by atoms with Crippen LogP contribution in [0.5, 0.6) is 5.75 Å². The lowest BCUT2D eigenvalue weighted by atomic mass is 9.90. The van der Waals surface area contributed by atoms with E-state index in [-0.39, 0.29) is 11.6 Å². The van der Waals surface area contributed by atoms with Crippen LogP contribution in [0.3, 0.4) is 0 Å². The Labute approximate surface area is 158 Å². The van der Waals surface area contributed by atoms with Crippen LogP contribution in [0.15, 0.2) is 70.3 Å². The second kappa shape index (κ2) is 7.17. The molecular weight excluding hydrogens is 404 g/mol. The fourth-order valence-corrected chi connectivity index (χ4v) is 3.37. The Morgan fingerprint density at radius 3 is 2.16 bits per heavy atom. The summed E-state index contributed by atoms with van der Waals surface area (Å²) in [4.78, 5) is 0. The number of phenols is 1. The van der Waals surface area contributed by atoms with Crippen LogP contribution in [-0.2, 0) is 0 Å². The zero-order chi connectivity index (χ0) is 18.0. The quantitative estimate of drug-likeness (QED) is 0.236. The van der Waals surface area contributed by atoms with Gasteiger partial charge in [-0.2, -0.15) is 0 Å². The Balaban J connectivity index is 2.43. The maximum Gasteiger partial charge on any atom is 0.170 e. The second-order valence-corrected chi connectivity index (χ2v) is 6.60. The average molecular weight is 418 g/mol. The SMILES string of the molecule is N/C(=N\O)c1cc(Br)c(Cl)c(-c2ccc(O)cc2)c1-c1ccccc1. The molecule has 0 aliphatic heterocycles. The van der Waals surface area contributed by atoms with Gasteiger partial charge in [0.25, 0.3) is 0 Å². The van der Waals surface area contributed by atoms with E-state index in [1.54, 1.807) is 30.3 Å². The van der Waals surface area contributed by atoms with Crippen molar-refractivity contribution in [2.75, 3.05) is 0 Å². The van der Waals surface area contributed by atoms with Gasteiger partial charge in [-0.3, -0.25) is 0 Å². The van der Waals surface area contributed by atoms with E-state index >= 15 is 0 Å². The molecule has 126 valence electrons. The van der Waals surface area contributed by atoms with Crippen LogP contribution in [0.25, 0.3) is 22.3 Å². The molecule has 0 atom stereocenters. The van der Waals surface area contributed by atoms with Gasteiger partial charge >= 0.3 is 0 Å². The van der Waals surface area contributed by atoms with E-state index in [1.165, 1.54) is 0 Å². The Bertz CT molecular complexity index is 942. The number of nitrogens with zero attached hydrogens (tertiary/aromatic N) is 1. The molecule has 0 radical (unpaired) electrons. The molecule has 0 aliphatic rings. The molecule has 6 heteroatoms. The highest BCUT2D eigenvalue weighted by Gasteiger charge is 2.21. The van der Waals surface area contributed by atoms with Crippen LogP contribution >= 0.6 is 27.5 Å². The molecule has 0 heterocycles. The molecule has 0 amide bonds. The second-order valence-electron chi connectivity index (χ2n) is 5.37. The first-order chi connectivity index (χ1) is 12.0. The maximum atomic E-state index is 9.58. The van der Waals surface area contributed by atoms with Crippen molar-refractivity contribution in [2.45, 2.75) is 0 Å². The molecule has 25 heavy (non-hydrogen) atoms. The summed E-state index contributed by atoms with van der Waals surface area (Å²) in [5.74, 6) is 0.143. The normalized spacial score (nSPS) is 11.5. The molecule has 0 aromatic heterocycles. The monoisotopic (exact) mass is 416 g/mol. The third-order valence-electron chi connectivity index (χ3n) is 3.82. The Kier molecular flexibility index (Phi) is 4.97. The van der Waals surface area contributed by atoms with E-state index < -0.39 is 0 Å². The summed E-state index contributed by atoms with van der Waals surface area (Å²) in [6, 6.07) is 18.0. The van der Waals surface area contributed by atoms with Crippen LogP contribution in [-0.4, -0.2) is 16.1 Å². The van der Waals surface area contributed by atoms with Gasteiger partial charge in [0.05, 0.1) is 5.02 Å². The predicted molar refractivity (Wildman–Crippen MR) is 104 cm³/mol. The molecule has 0 saturated carbocycles. The number of phenolic OH excluding ortho intramolecular Hbond substituents is 1. The van der Waals surface area contributed by atoms with Crippen molar-refractivity contribution < 1.29 is 10.3 Å². The van der Waals surface area contributed by atoms with Gasteiger partial charge in [0.1, 0.15) is 5.75 Å². The van der Waals surface area contributed by atoms with Crippen molar-refractivity contribution in [3.63, 3.8) is 0 Å². The molecule has 0 bridgehead atoms. The molecule has 3 aromatic carbocycles. The predicted octanol–water partition coefficient (Wildman–Crippen LogP) is 5.24. The molecular formula is C19H14BrClN2O2. The van der Waals surface area contributed by atoms with Crippen LogP contribution in [0.1, 0.15) is 5.56 Å². The smallest absolute Gasteiger partial charge is 0.170 e. The lowest BCUT2D eigenvalue weighted by Gasteiger charge is -2.18. The summed E-state index contributed by atoms with van der Waals surface area (Å²) in [5, 5.41) is 22.4. The van der Waals surface area contributed by atoms with Gasteiger partial charge in [0.15, 0.2) is 5.84 Å². The molecule has 0 unspecified atom stereocenters. The van der Waals surface area contributed by atoms with E-state index in [0.717, 1.165) is 22.3 Å². The van der Waals surface area contributed by atoms with Crippen LogP contribution < -0.4 is 5.73 Å². The summed E-state index contributed by atoms with van der Waals surface area (Å²) in [6.45, 7) is 0. The lowest BCUT2D eigenvalue weighted by Crippen LogP contribution is -2.15.